The van der Waals surface area contributed by atoms with Gasteiger partial charge in [0, 0.05) is 48.5 Å². The van der Waals surface area contributed by atoms with Crippen molar-refractivity contribution in [2.24, 2.45) is 0 Å². The molecule has 262 valence electrons. The van der Waals surface area contributed by atoms with E-state index < -0.39 is 0 Å². The molecule has 8 rings (SSSR count). The molecule has 51 heavy (non-hydrogen) atoms. The monoisotopic (exact) mass is 689 g/mol. The van der Waals surface area contributed by atoms with Gasteiger partial charge >= 0.3 is 0 Å². The molecule has 2 saturated heterocycles. The van der Waals surface area contributed by atoms with Gasteiger partial charge in [-0.25, -0.2) is 24.6 Å². The second-order valence-corrected chi connectivity index (χ2v) is 13.3. The molecule has 2 aliphatic heterocycles. The van der Waals surface area contributed by atoms with Gasteiger partial charge in [0.05, 0.1) is 37.6 Å². The van der Waals surface area contributed by atoms with Crippen molar-refractivity contribution in [3.8, 4) is 28.8 Å². The van der Waals surface area contributed by atoms with Crippen LogP contribution in [-0.2, 0) is 17.9 Å². The molecule has 5 aromatic rings. The molecule has 3 fully saturated rings. The number of anilines is 2. The van der Waals surface area contributed by atoms with E-state index in [9.17, 15) is 5.26 Å². The number of hydrogen-bond donors (Lipinski definition) is 1. The van der Waals surface area contributed by atoms with Gasteiger partial charge in [-0.15, -0.1) is 10.2 Å². The standard InChI is InChI=1S/C35H39N13O3/c1-23(17-46-22-41-44-45-46)51-32-13-24(3-4-25(32)14-36)26-15-39-35(40-16-26)42-31-18-47(43-34(31)50-21-33-37-11-2-12-38-33)27-5-7-28(8-6-27)48-29-9-10-30(48)20-49-19-29/h2-4,11-13,15-16,18,22-23,27-30H,5-10,17,19-21H2,1H3,(H,39,40,42)/t23-,27?,28?,29-,30+/m0/s1. The van der Waals surface area contributed by atoms with E-state index in [1.165, 1.54) is 19.2 Å². The lowest BCUT2D eigenvalue weighted by Crippen LogP contribution is -2.52. The number of nitrogens with zero attached hydrogens (tertiary/aromatic N) is 12. The number of nitriles is 1. The predicted molar refractivity (Wildman–Crippen MR) is 183 cm³/mol. The fraction of sp³-hybridized carbons (Fsp3) is 0.457. The van der Waals surface area contributed by atoms with Crippen LogP contribution < -0.4 is 14.8 Å². The molecule has 3 atom stereocenters. The van der Waals surface area contributed by atoms with Gasteiger partial charge in [0.2, 0.25) is 5.95 Å². The van der Waals surface area contributed by atoms with Crippen LogP contribution >= 0.6 is 0 Å². The normalized spacial score (nSPS) is 22.3. The minimum Gasteiger partial charge on any atom is -0.487 e. The molecule has 0 spiro atoms. The van der Waals surface area contributed by atoms with Gasteiger partial charge in [0.25, 0.3) is 5.88 Å². The average Bonchev–Trinajstić information content (AvgIpc) is 3.89. The molecule has 0 amide bonds. The van der Waals surface area contributed by atoms with E-state index in [4.69, 9.17) is 19.3 Å². The summed E-state index contributed by atoms with van der Waals surface area (Å²) in [7, 11) is 0. The number of tetrazole rings is 1. The summed E-state index contributed by atoms with van der Waals surface area (Å²) in [5.41, 5.74) is 2.67. The molecule has 3 aliphatic rings. The fourth-order valence-electron chi connectivity index (χ4n) is 7.50. The smallest absolute Gasteiger partial charge is 0.257 e. The van der Waals surface area contributed by atoms with Crippen LogP contribution in [0.3, 0.4) is 0 Å². The van der Waals surface area contributed by atoms with Crippen LogP contribution in [-0.4, -0.2) is 92.3 Å². The lowest BCUT2D eigenvalue weighted by atomic mass is 9.89. The Kier molecular flexibility index (Phi) is 9.45. The Hall–Kier alpha value is -5.53. The molecular formula is C35H39N13O3. The Morgan fingerprint density at radius 1 is 0.961 bits per heavy atom. The van der Waals surface area contributed by atoms with Crippen LogP contribution in [0.5, 0.6) is 11.6 Å². The van der Waals surface area contributed by atoms with E-state index in [2.05, 4.69) is 51.7 Å². The molecule has 0 radical (unpaired) electrons. The van der Waals surface area contributed by atoms with Crippen molar-refractivity contribution in [1.82, 2.24) is 54.8 Å². The number of morpholine rings is 1. The molecule has 1 saturated carbocycles. The maximum absolute atomic E-state index is 9.69. The van der Waals surface area contributed by atoms with Crippen molar-refractivity contribution in [3.63, 3.8) is 0 Å². The Bertz CT molecular complexity index is 1920. The first-order valence-electron chi connectivity index (χ1n) is 17.4. The number of rotatable bonds is 12. The van der Waals surface area contributed by atoms with Crippen molar-refractivity contribution in [2.45, 2.75) is 88.9 Å². The molecule has 1 aromatic carbocycles. The summed E-state index contributed by atoms with van der Waals surface area (Å²) < 4.78 is 21.7. The Morgan fingerprint density at radius 2 is 1.71 bits per heavy atom. The highest BCUT2D eigenvalue weighted by Crippen LogP contribution is 2.39. The van der Waals surface area contributed by atoms with Crippen LogP contribution in [0.15, 0.2) is 61.6 Å². The van der Waals surface area contributed by atoms with Crippen LogP contribution in [0.4, 0.5) is 11.6 Å². The Balaban J connectivity index is 0.968. The lowest BCUT2D eigenvalue weighted by molar-refractivity contribution is -0.0458. The second kappa shape index (κ2) is 14.8. The number of nitrogens with one attached hydrogen (secondary N) is 1. The first-order valence-corrected chi connectivity index (χ1v) is 17.4. The average molecular weight is 690 g/mol. The van der Waals surface area contributed by atoms with Gasteiger partial charge in [-0.1, -0.05) is 6.07 Å². The van der Waals surface area contributed by atoms with Crippen molar-refractivity contribution in [2.75, 3.05) is 18.5 Å². The summed E-state index contributed by atoms with van der Waals surface area (Å²) in [4.78, 5) is 20.6. The molecule has 1 N–H and O–H groups in total. The zero-order chi connectivity index (χ0) is 34.6. The highest BCUT2D eigenvalue weighted by atomic mass is 16.5. The summed E-state index contributed by atoms with van der Waals surface area (Å²) in [6, 6.07) is 11.4. The second-order valence-electron chi connectivity index (χ2n) is 13.3. The third-order valence-corrected chi connectivity index (χ3v) is 9.91. The van der Waals surface area contributed by atoms with Gasteiger partial charge in [-0.3, -0.25) is 9.58 Å². The number of benzene rings is 1. The van der Waals surface area contributed by atoms with E-state index in [0.717, 1.165) is 50.0 Å². The summed E-state index contributed by atoms with van der Waals surface area (Å²) in [5, 5.41) is 29.1. The van der Waals surface area contributed by atoms with Crippen LogP contribution in [0.25, 0.3) is 11.1 Å². The van der Waals surface area contributed by atoms with E-state index in [1.54, 1.807) is 41.6 Å². The van der Waals surface area contributed by atoms with E-state index in [0.29, 0.717) is 59.3 Å². The first-order chi connectivity index (χ1) is 25.1. The van der Waals surface area contributed by atoms with E-state index in [-0.39, 0.29) is 18.8 Å². The van der Waals surface area contributed by atoms with Crippen molar-refractivity contribution in [3.05, 3.63) is 73.0 Å². The fourth-order valence-corrected chi connectivity index (χ4v) is 7.50. The molecule has 16 nitrogen and oxygen atoms in total. The number of hydrogen-bond acceptors (Lipinski definition) is 14. The summed E-state index contributed by atoms with van der Waals surface area (Å²) in [6.45, 7) is 4.24. The SMILES string of the molecule is C[C@@H](Cn1cnnn1)Oc1cc(-c2cnc(Nc3cn(C4CCC(N5[C@@H]6CC[C@H]5COC6)CC4)nc3OCc3ncccn3)nc2)ccc1C#N. The molecule has 2 bridgehead atoms. The number of ether oxygens (including phenoxy) is 3. The molecular weight excluding hydrogens is 650 g/mol. The van der Waals surface area contributed by atoms with Gasteiger partial charge < -0.3 is 19.5 Å². The minimum absolute atomic E-state index is 0.177. The lowest BCUT2D eigenvalue weighted by Gasteiger charge is -2.43. The first kappa shape index (κ1) is 32.7. The summed E-state index contributed by atoms with van der Waals surface area (Å²) in [5.74, 6) is 1.86. The Morgan fingerprint density at radius 3 is 2.43 bits per heavy atom. The van der Waals surface area contributed by atoms with Crippen LogP contribution in [0.2, 0.25) is 0 Å². The number of fused-ring (bicyclic) bond motifs is 2. The van der Waals surface area contributed by atoms with E-state index >= 15 is 0 Å². The zero-order valence-electron chi connectivity index (χ0n) is 28.3. The topological polar surface area (TPSA) is 180 Å². The summed E-state index contributed by atoms with van der Waals surface area (Å²) >= 11 is 0. The molecule has 1 aliphatic carbocycles. The quantitative estimate of drug-likeness (QED) is 0.198. The van der Waals surface area contributed by atoms with Gasteiger partial charge in [0.1, 0.15) is 36.5 Å². The van der Waals surface area contributed by atoms with Crippen molar-refractivity contribution in [1.29, 1.82) is 5.26 Å². The molecule has 0 unspecified atom stereocenters. The largest absolute Gasteiger partial charge is 0.487 e. The highest BCUT2D eigenvalue weighted by molar-refractivity contribution is 5.67. The maximum atomic E-state index is 9.69. The van der Waals surface area contributed by atoms with Gasteiger partial charge in [-0.05, 0) is 79.6 Å². The zero-order valence-corrected chi connectivity index (χ0v) is 28.3. The van der Waals surface area contributed by atoms with E-state index in [1.807, 2.05) is 29.9 Å². The maximum Gasteiger partial charge on any atom is 0.257 e. The third kappa shape index (κ3) is 7.35. The summed E-state index contributed by atoms with van der Waals surface area (Å²) in [6.07, 6.45) is 16.9. The van der Waals surface area contributed by atoms with Crippen LogP contribution in [0, 0.1) is 11.3 Å². The molecule has 4 aromatic heterocycles. The molecule has 6 heterocycles. The molecule has 16 heteroatoms. The van der Waals surface area contributed by atoms with Crippen molar-refractivity contribution < 1.29 is 14.2 Å². The highest BCUT2D eigenvalue weighted by Gasteiger charge is 2.42. The van der Waals surface area contributed by atoms with Gasteiger partial charge in [0.15, 0.2) is 5.82 Å². The number of aromatic nitrogens is 10. The van der Waals surface area contributed by atoms with Crippen molar-refractivity contribution >= 4 is 11.6 Å². The van der Waals surface area contributed by atoms with Gasteiger partial charge in [-0.2, -0.15) is 5.26 Å². The predicted octanol–water partition coefficient (Wildman–Crippen LogP) is 4.13. The minimum atomic E-state index is -0.278. The third-order valence-electron chi connectivity index (χ3n) is 9.91. The Labute approximate surface area is 294 Å². The van der Waals surface area contributed by atoms with Crippen LogP contribution in [0.1, 0.15) is 62.9 Å².